The lowest BCUT2D eigenvalue weighted by atomic mass is 10.1. The van der Waals surface area contributed by atoms with Crippen LogP contribution in [0.15, 0.2) is 24.3 Å². The molecule has 2 rings (SSSR count). The van der Waals surface area contributed by atoms with Crippen LogP contribution in [-0.4, -0.2) is 15.2 Å². The largest absolute Gasteiger partial charge is 0.249 e. The molecule has 0 bridgehead atoms. The van der Waals surface area contributed by atoms with Crippen LogP contribution in [0.3, 0.4) is 0 Å². The summed E-state index contributed by atoms with van der Waals surface area (Å²) < 4.78 is 0. The van der Waals surface area contributed by atoms with Gasteiger partial charge in [0.05, 0.1) is 0 Å². The summed E-state index contributed by atoms with van der Waals surface area (Å²) in [5.41, 5.74) is 2.26. The zero-order chi connectivity index (χ0) is 9.97. The number of H-pyrrole nitrogens is 1. The van der Waals surface area contributed by atoms with Crippen molar-refractivity contribution in [2.24, 2.45) is 0 Å². The fourth-order valence-electron chi connectivity index (χ4n) is 1.30. The summed E-state index contributed by atoms with van der Waals surface area (Å²) in [5, 5.41) is 6.92. The number of aromatic nitrogens is 3. The molecule has 0 spiro atoms. The van der Waals surface area contributed by atoms with Crippen molar-refractivity contribution in [2.45, 2.75) is 13.3 Å². The van der Waals surface area contributed by atoms with E-state index < -0.39 is 0 Å². The highest BCUT2D eigenvalue weighted by Crippen LogP contribution is 2.17. The zero-order valence-electron chi connectivity index (χ0n) is 7.79. The van der Waals surface area contributed by atoms with Crippen molar-refractivity contribution in [3.8, 4) is 11.4 Å². The normalized spacial score (nSPS) is 10.4. The Morgan fingerprint density at radius 1 is 1.43 bits per heavy atom. The second-order valence-electron chi connectivity index (χ2n) is 3.00. The van der Waals surface area contributed by atoms with Crippen LogP contribution in [0.5, 0.6) is 0 Å². The minimum atomic E-state index is 0.321. The van der Waals surface area contributed by atoms with Crippen molar-refractivity contribution in [1.29, 1.82) is 0 Å². The van der Waals surface area contributed by atoms with Gasteiger partial charge in [-0.05, 0) is 29.7 Å². The van der Waals surface area contributed by atoms with Crippen LogP contribution in [0.25, 0.3) is 11.4 Å². The van der Waals surface area contributed by atoms with Crippen LogP contribution in [0.2, 0.25) is 5.28 Å². The number of hydrogen-bond acceptors (Lipinski definition) is 2. The molecule has 14 heavy (non-hydrogen) atoms. The van der Waals surface area contributed by atoms with Gasteiger partial charge in [-0.2, -0.15) is 10.1 Å². The van der Waals surface area contributed by atoms with Crippen molar-refractivity contribution in [3.05, 3.63) is 35.1 Å². The molecular formula is C10H10ClN3. The lowest BCUT2D eigenvalue weighted by Crippen LogP contribution is -1.84. The molecule has 0 aliphatic heterocycles. The van der Waals surface area contributed by atoms with Gasteiger partial charge in [0.2, 0.25) is 5.28 Å². The highest BCUT2D eigenvalue weighted by Gasteiger charge is 2.03. The molecule has 72 valence electrons. The highest BCUT2D eigenvalue weighted by atomic mass is 35.5. The third-order valence-corrected chi connectivity index (χ3v) is 2.22. The maximum absolute atomic E-state index is 5.65. The maximum atomic E-state index is 5.65. The Hall–Kier alpha value is -1.35. The van der Waals surface area contributed by atoms with Gasteiger partial charge in [0, 0.05) is 5.56 Å². The van der Waals surface area contributed by atoms with E-state index in [1.807, 2.05) is 12.1 Å². The van der Waals surface area contributed by atoms with Gasteiger partial charge in [-0.3, -0.25) is 0 Å². The molecular weight excluding hydrogens is 198 g/mol. The summed E-state index contributed by atoms with van der Waals surface area (Å²) in [6.45, 7) is 2.12. The topological polar surface area (TPSA) is 41.6 Å². The van der Waals surface area contributed by atoms with Gasteiger partial charge in [-0.1, -0.05) is 25.1 Å². The van der Waals surface area contributed by atoms with Crippen molar-refractivity contribution >= 4 is 11.6 Å². The van der Waals surface area contributed by atoms with Gasteiger partial charge in [0.1, 0.15) is 0 Å². The number of rotatable bonds is 2. The van der Waals surface area contributed by atoms with Gasteiger partial charge < -0.3 is 0 Å². The van der Waals surface area contributed by atoms with Gasteiger partial charge in [-0.25, -0.2) is 5.10 Å². The third-order valence-electron chi connectivity index (χ3n) is 2.05. The minimum Gasteiger partial charge on any atom is -0.249 e. The molecule has 0 saturated carbocycles. The van der Waals surface area contributed by atoms with Crippen LogP contribution in [-0.2, 0) is 6.42 Å². The average Bonchev–Trinajstić information content (AvgIpc) is 2.65. The minimum absolute atomic E-state index is 0.321. The molecule has 1 N–H and O–H groups in total. The second-order valence-corrected chi connectivity index (χ2v) is 3.36. The standard InChI is InChI=1S/C10H10ClN3/c1-2-7-4-3-5-8(6-7)9-12-10(11)14-13-9/h3-6H,2H2,1H3,(H,12,13,14). The van der Waals surface area contributed by atoms with Crippen LogP contribution < -0.4 is 0 Å². The first-order valence-electron chi connectivity index (χ1n) is 4.47. The molecule has 1 aromatic heterocycles. The second kappa shape index (κ2) is 3.80. The fraction of sp³-hybridized carbons (Fsp3) is 0.200. The average molecular weight is 208 g/mol. The van der Waals surface area contributed by atoms with E-state index in [0.29, 0.717) is 11.1 Å². The summed E-state index contributed by atoms with van der Waals surface area (Å²) >= 11 is 5.65. The number of aromatic amines is 1. The Morgan fingerprint density at radius 2 is 2.29 bits per heavy atom. The maximum Gasteiger partial charge on any atom is 0.218 e. The molecule has 1 heterocycles. The molecule has 4 heteroatoms. The third kappa shape index (κ3) is 1.77. The zero-order valence-corrected chi connectivity index (χ0v) is 8.54. The molecule has 0 radical (unpaired) electrons. The number of nitrogens with zero attached hydrogens (tertiary/aromatic N) is 2. The van der Waals surface area contributed by atoms with E-state index in [-0.39, 0.29) is 0 Å². The molecule has 0 fully saturated rings. The number of hydrogen-bond donors (Lipinski definition) is 1. The van der Waals surface area contributed by atoms with Crippen molar-refractivity contribution in [2.75, 3.05) is 0 Å². The first-order valence-corrected chi connectivity index (χ1v) is 4.84. The number of halogens is 1. The van der Waals surface area contributed by atoms with Crippen molar-refractivity contribution in [1.82, 2.24) is 15.2 Å². The van der Waals surface area contributed by atoms with E-state index in [9.17, 15) is 0 Å². The predicted molar refractivity (Wildman–Crippen MR) is 56.2 cm³/mol. The van der Waals surface area contributed by atoms with E-state index in [1.165, 1.54) is 5.56 Å². The van der Waals surface area contributed by atoms with E-state index in [2.05, 4.69) is 34.2 Å². The summed E-state index contributed by atoms with van der Waals surface area (Å²) in [5.74, 6) is 0.644. The highest BCUT2D eigenvalue weighted by molar-refractivity contribution is 6.28. The van der Waals surface area contributed by atoms with E-state index in [1.54, 1.807) is 0 Å². The first kappa shape index (κ1) is 9.21. The molecule has 2 aromatic rings. The van der Waals surface area contributed by atoms with Crippen LogP contribution in [0, 0.1) is 0 Å². The Balaban J connectivity index is 2.41. The summed E-state index contributed by atoms with van der Waals surface area (Å²) in [6, 6.07) is 8.12. The van der Waals surface area contributed by atoms with Gasteiger partial charge >= 0.3 is 0 Å². The number of nitrogens with one attached hydrogen (secondary N) is 1. The molecule has 0 aliphatic rings. The Kier molecular flexibility index (Phi) is 2.50. The molecule has 3 nitrogen and oxygen atoms in total. The lowest BCUT2D eigenvalue weighted by Gasteiger charge is -1.98. The fourth-order valence-corrected chi connectivity index (χ4v) is 1.42. The van der Waals surface area contributed by atoms with Crippen LogP contribution in [0.4, 0.5) is 0 Å². The predicted octanol–water partition coefficient (Wildman–Crippen LogP) is 2.69. The molecule has 0 atom stereocenters. The molecule has 0 saturated heterocycles. The van der Waals surface area contributed by atoms with E-state index in [4.69, 9.17) is 11.6 Å². The summed E-state index contributed by atoms with van der Waals surface area (Å²) in [7, 11) is 0. The van der Waals surface area contributed by atoms with Gasteiger partial charge in [-0.15, -0.1) is 0 Å². The SMILES string of the molecule is CCc1cccc(-c2n[nH]c(Cl)n2)c1. The van der Waals surface area contributed by atoms with Crippen molar-refractivity contribution < 1.29 is 0 Å². The Bertz CT molecular complexity index is 436. The lowest BCUT2D eigenvalue weighted by molar-refractivity contribution is 1.09. The number of aryl methyl sites for hydroxylation is 1. The Labute approximate surface area is 87.1 Å². The monoisotopic (exact) mass is 207 g/mol. The van der Waals surface area contributed by atoms with E-state index >= 15 is 0 Å². The van der Waals surface area contributed by atoms with Gasteiger partial charge in [0.25, 0.3) is 0 Å². The van der Waals surface area contributed by atoms with Crippen molar-refractivity contribution in [3.63, 3.8) is 0 Å². The Morgan fingerprint density at radius 3 is 2.93 bits per heavy atom. The van der Waals surface area contributed by atoms with Gasteiger partial charge in [0.15, 0.2) is 5.82 Å². The number of benzene rings is 1. The smallest absolute Gasteiger partial charge is 0.218 e. The van der Waals surface area contributed by atoms with E-state index in [0.717, 1.165) is 12.0 Å². The molecule has 0 amide bonds. The van der Waals surface area contributed by atoms with Crippen LogP contribution >= 0.6 is 11.6 Å². The molecule has 0 aliphatic carbocycles. The summed E-state index contributed by atoms with van der Waals surface area (Å²) in [4.78, 5) is 4.06. The first-order chi connectivity index (χ1) is 6.79. The quantitative estimate of drug-likeness (QED) is 0.823. The van der Waals surface area contributed by atoms with Crippen LogP contribution in [0.1, 0.15) is 12.5 Å². The molecule has 0 unspecified atom stereocenters. The summed E-state index contributed by atoms with van der Waals surface area (Å²) in [6.07, 6.45) is 1.01. The molecule has 1 aromatic carbocycles.